The molecule has 0 amide bonds. The monoisotopic (exact) mass is 359 g/mol. The number of pyridine rings is 1. The highest BCUT2D eigenvalue weighted by atomic mass is 16.5. The lowest BCUT2D eigenvalue weighted by Gasteiger charge is -2.36. The zero-order chi connectivity index (χ0) is 19.3. The number of carbonyl (C=O) groups is 2. The maximum Gasteiger partial charge on any atom is 0.339 e. The van der Waals surface area contributed by atoms with Crippen LogP contribution in [0.2, 0.25) is 0 Å². The Morgan fingerprint density at radius 2 is 2.15 bits per heavy atom. The van der Waals surface area contributed by atoms with Gasteiger partial charge in [-0.3, -0.25) is 4.79 Å². The lowest BCUT2D eigenvalue weighted by atomic mass is 9.94. The molecule has 1 aromatic rings. The highest BCUT2D eigenvalue weighted by Gasteiger charge is 2.46. The summed E-state index contributed by atoms with van der Waals surface area (Å²) in [6, 6.07) is 5.50. The molecule has 26 heavy (non-hydrogen) atoms. The Morgan fingerprint density at radius 3 is 2.65 bits per heavy atom. The van der Waals surface area contributed by atoms with Crippen molar-refractivity contribution in [2.24, 2.45) is 5.92 Å². The number of carbonyl (C=O) groups excluding carboxylic acids is 2. The van der Waals surface area contributed by atoms with Crippen LogP contribution in [0.1, 0.15) is 44.0 Å². The van der Waals surface area contributed by atoms with Crippen molar-refractivity contribution >= 4 is 17.6 Å². The van der Waals surface area contributed by atoms with Crippen molar-refractivity contribution in [3.8, 4) is 6.07 Å². The molecule has 0 saturated carbocycles. The van der Waals surface area contributed by atoms with Gasteiger partial charge in [0.05, 0.1) is 24.9 Å². The maximum atomic E-state index is 12.1. The number of hydrogen-bond donors (Lipinski definition) is 2. The van der Waals surface area contributed by atoms with Gasteiger partial charge in [0.25, 0.3) is 0 Å². The number of hydrazine groups is 1. The van der Waals surface area contributed by atoms with Crippen molar-refractivity contribution < 1.29 is 14.3 Å². The van der Waals surface area contributed by atoms with Crippen molar-refractivity contribution in [3.63, 3.8) is 0 Å². The SMILES string of the molecule is COC(=O)c1ccc(NC(NN2CCCC2(C#N)C(C)=O)C(C)C)nc1. The molecule has 0 radical (unpaired) electrons. The summed E-state index contributed by atoms with van der Waals surface area (Å²) in [5, 5.41) is 14.6. The summed E-state index contributed by atoms with van der Waals surface area (Å²) in [5.41, 5.74) is 2.52. The minimum atomic E-state index is -1.13. The van der Waals surface area contributed by atoms with E-state index in [1.807, 2.05) is 13.8 Å². The van der Waals surface area contributed by atoms with E-state index in [-0.39, 0.29) is 17.9 Å². The minimum Gasteiger partial charge on any atom is -0.465 e. The molecule has 0 aromatic carbocycles. The van der Waals surface area contributed by atoms with Gasteiger partial charge < -0.3 is 10.1 Å². The van der Waals surface area contributed by atoms with Crippen molar-refractivity contribution in [1.29, 1.82) is 5.26 Å². The second-order valence-electron chi connectivity index (χ2n) is 6.70. The number of aromatic nitrogens is 1. The molecule has 0 spiro atoms. The fraction of sp³-hybridized carbons (Fsp3) is 0.556. The van der Waals surface area contributed by atoms with Crippen LogP contribution in [0.3, 0.4) is 0 Å². The Kier molecular flexibility index (Phi) is 6.29. The summed E-state index contributed by atoms with van der Waals surface area (Å²) in [6.45, 7) is 6.11. The fourth-order valence-electron chi connectivity index (χ4n) is 2.95. The van der Waals surface area contributed by atoms with Crippen molar-refractivity contribution in [3.05, 3.63) is 23.9 Å². The number of nitriles is 1. The van der Waals surface area contributed by atoms with Gasteiger partial charge in [-0.15, -0.1) is 0 Å². The second kappa shape index (κ2) is 8.25. The molecule has 8 nitrogen and oxygen atoms in total. The summed E-state index contributed by atoms with van der Waals surface area (Å²) in [5.74, 6) is 0.127. The number of esters is 1. The zero-order valence-electron chi connectivity index (χ0n) is 15.6. The molecule has 140 valence electrons. The fourth-order valence-corrected chi connectivity index (χ4v) is 2.95. The number of ketones is 1. The van der Waals surface area contributed by atoms with Crippen LogP contribution in [0.4, 0.5) is 5.82 Å². The first kappa shape index (κ1) is 19.8. The lowest BCUT2D eigenvalue weighted by Crippen LogP contribution is -2.60. The first-order valence-electron chi connectivity index (χ1n) is 8.61. The third-order valence-electron chi connectivity index (χ3n) is 4.60. The van der Waals surface area contributed by atoms with E-state index in [0.29, 0.717) is 24.3 Å². The molecular formula is C18H25N5O3. The molecule has 1 saturated heterocycles. The lowest BCUT2D eigenvalue weighted by molar-refractivity contribution is -0.126. The van der Waals surface area contributed by atoms with Gasteiger partial charge in [0, 0.05) is 12.7 Å². The molecule has 2 atom stereocenters. The van der Waals surface area contributed by atoms with Crippen molar-refractivity contribution in [2.75, 3.05) is 19.0 Å². The number of anilines is 1. The van der Waals surface area contributed by atoms with Crippen LogP contribution >= 0.6 is 0 Å². The largest absolute Gasteiger partial charge is 0.465 e. The van der Waals surface area contributed by atoms with Gasteiger partial charge >= 0.3 is 5.97 Å². The van der Waals surface area contributed by atoms with Gasteiger partial charge in [0.1, 0.15) is 5.82 Å². The van der Waals surface area contributed by atoms with Gasteiger partial charge in [-0.1, -0.05) is 13.8 Å². The molecule has 2 rings (SSSR count). The molecule has 1 aliphatic heterocycles. The first-order valence-corrected chi connectivity index (χ1v) is 8.61. The van der Waals surface area contributed by atoms with Gasteiger partial charge in [0.2, 0.25) is 0 Å². The van der Waals surface area contributed by atoms with E-state index in [4.69, 9.17) is 0 Å². The second-order valence-corrected chi connectivity index (χ2v) is 6.70. The smallest absolute Gasteiger partial charge is 0.339 e. The van der Waals surface area contributed by atoms with E-state index in [1.54, 1.807) is 17.1 Å². The van der Waals surface area contributed by atoms with Crippen LogP contribution in [0.25, 0.3) is 0 Å². The molecule has 2 unspecified atom stereocenters. The summed E-state index contributed by atoms with van der Waals surface area (Å²) in [7, 11) is 1.32. The van der Waals surface area contributed by atoms with Crippen LogP contribution in [0.5, 0.6) is 0 Å². The number of nitrogens with zero attached hydrogens (tertiary/aromatic N) is 3. The van der Waals surface area contributed by atoms with E-state index in [9.17, 15) is 14.9 Å². The number of ether oxygens (including phenoxy) is 1. The Hall–Kier alpha value is -2.50. The molecule has 1 aliphatic rings. The molecule has 2 heterocycles. The minimum absolute atomic E-state index is 0.154. The maximum absolute atomic E-state index is 12.1. The quantitative estimate of drug-likeness (QED) is 0.560. The average Bonchev–Trinajstić information content (AvgIpc) is 3.05. The van der Waals surface area contributed by atoms with Crippen LogP contribution in [-0.2, 0) is 9.53 Å². The predicted molar refractivity (Wildman–Crippen MR) is 95.9 cm³/mol. The molecular weight excluding hydrogens is 334 g/mol. The van der Waals surface area contributed by atoms with E-state index >= 15 is 0 Å². The topological polar surface area (TPSA) is 107 Å². The van der Waals surface area contributed by atoms with Crippen LogP contribution in [0.15, 0.2) is 18.3 Å². The third kappa shape index (κ3) is 4.00. The van der Waals surface area contributed by atoms with E-state index < -0.39 is 11.5 Å². The molecule has 8 heteroatoms. The Morgan fingerprint density at radius 1 is 1.42 bits per heavy atom. The molecule has 1 fully saturated rings. The van der Waals surface area contributed by atoms with E-state index in [2.05, 4.69) is 26.5 Å². The first-order chi connectivity index (χ1) is 12.3. The molecule has 1 aromatic heterocycles. The zero-order valence-corrected chi connectivity index (χ0v) is 15.6. The molecule has 0 bridgehead atoms. The van der Waals surface area contributed by atoms with Crippen molar-refractivity contribution in [2.45, 2.75) is 45.3 Å². The highest BCUT2D eigenvalue weighted by Crippen LogP contribution is 2.28. The van der Waals surface area contributed by atoms with Crippen LogP contribution in [0, 0.1) is 17.2 Å². The number of rotatable bonds is 7. The van der Waals surface area contributed by atoms with Crippen molar-refractivity contribution in [1.82, 2.24) is 15.4 Å². The third-order valence-corrected chi connectivity index (χ3v) is 4.60. The standard InChI is InChI=1S/C18H25N5O3/c1-12(2)16(21-15-7-6-14(10-20-15)17(25)26-4)22-23-9-5-8-18(23,11-19)13(3)24/h6-7,10,12,16,22H,5,8-9H2,1-4H3,(H,20,21). The number of methoxy groups -OCH3 is 1. The molecule has 0 aliphatic carbocycles. The summed E-state index contributed by atoms with van der Waals surface area (Å²) in [4.78, 5) is 27.8. The molecule has 2 N–H and O–H groups in total. The van der Waals surface area contributed by atoms with E-state index in [0.717, 1.165) is 6.42 Å². The van der Waals surface area contributed by atoms with Gasteiger partial charge in [-0.2, -0.15) is 5.26 Å². The average molecular weight is 359 g/mol. The number of nitrogens with one attached hydrogen (secondary N) is 2. The normalized spacial score (nSPS) is 21.2. The van der Waals surface area contributed by atoms with Crippen LogP contribution in [-0.4, -0.2) is 47.1 Å². The van der Waals surface area contributed by atoms with Gasteiger partial charge in [-0.25, -0.2) is 20.2 Å². The Bertz CT molecular complexity index is 698. The van der Waals surface area contributed by atoms with Gasteiger partial charge in [-0.05, 0) is 37.8 Å². The predicted octanol–water partition coefficient (Wildman–Crippen LogP) is 1.71. The Balaban J connectivity index is 2.13. The Labute approximate surface area is 153 Å². The van der Waals surface area contributed by atoms with Gasteiger partial charge in [0.15, 0.2) is 11.3 Å². The van der Waals surface area contributed by atoms with Crippen LogP contribution < -0.4 is 10.7 Å². The summed E-state index contributed by atoms with van der Waals surface area (Å²) >= 11 is 0. The number of hydrogen-bond acceptors (Lipinski definition) is 8. The van der Waals surface area contributed by atoms with E-state index in [1.165, 1.54) is 20.2 Å². The summed E-state index contributed by atoms with van der Waals surface area (Å²) < 4.78 is 4.66. The summed E-state index contributed by atoms with van der Waals surface area (Å²) in [6.07, 6.45) is 2.49. The highest BCUT2D eigenvalue weighted by molar-refractivity contribution is 5.89. The number of Topliss-reactive ketones (excluding diaryl/α,β-unsaturated/α-hetero) is 1.